The number of aliphatic hydroxyl groups is 1. The molecule has 1 rings (SSSR count). The van der Waals surface area contributed by atoms with Crippen molar-refractivity contribution in [2.24, 2.45) is 7.05 Å². The van der Waals surface area contributed by atoms with Crippen molar-refractivity contribution < 1.29 is 9.90 Å². The van der Waals surface area contributed by atoms with Gasteiger partial charge in [-0.2, -0.15) is 5.10 Å². The average Bonchev–Trinajstić information content (AvgIpc) is 2.70. The Balaban J connectivity index is 2.45. The van der Waals surface area contributed by atoms with E-state index in [1.165, 1.54) is 0 Å². The number of carbonyl (C=O) groups excluding carboxylic acids is 1. The Morgan fingerprint density at radius 2 is 2.11 bits per heavy atom. The molecule has 1 aromatic heterocycles. The van der Waals surface area contributed by atoms with Gasteiger partial charge in [0.1, 0.15) is 5.60 Å². The molecule has 0 aliphatic carbocycles. The molecule has 1 unspecified atom stereocenters. The minimum atomic E-state index is -1.10. The van der Waals surface area contributed by atoms with Crippen molar-refractivity contribution in [1.82, 2.24) is 15.1 Å². The van der Waals surface area contributed by atoms with Gasteiger partial charge in [-0.1, -0.05) is 20.8 Å². The molecule has 0 aliphatic heterocycles. The summed E-state index contributed by atoms with van der Waals surface area (Å²) in [4.78, 5) is 11.7. The second-order valence-corrected chi connectivity index (χ2v) is 7.66. The van der Waals surface area contributed by atoms with Crippen LogP contribution in [0.4, 0.5) is 0 Å². The van der Waals surface area contributed by atoms with E-state index in [0.717, 1.165) is 0 Å². The van der Waals surface area contributed by atoms with Crippen LogP contribution in [0.15, 0.2) is 12.4 Å². The maximum atomic E-state index is 11.7. The first-order chi connectivity index (χ1) is 8.60. The van der Waals surface area contributed by atoms with Crippen molar-refractivity contribution in [1.29, 1.82) is 0 Å². The molecule has 0 fully saturated rings. The van der Waals surface area contributed by atoms with Crippen LogP contribution >= 0.6 is 11.8 Å². The van der Waals surface area contributed by atoms with Gasteiger partial charge in [-0.25, -0.2) is 0 Å². The van der Waals surface area contributed by atoms with E-state index in [4.69, 9.17) is 0 Å². The zero-order chi connectivity index (χ0) is 14.7. The number of aromatic nitrogens is 2. The molecule has 1 atom stereocenters. The fourth-order valence-electron chi connectivity index (χ4n) is 1.41. The van der Waals surface area contributed by atoms with Gasteiger partial charge < -0.3 is 10.4 Å². The fourth-order valence-corrected chi connectivity index (χ4v) is 2.07. The minimum Gasteiger partial charge on any atom is -0.383 e. The normalized spacial score (nSPS) is 15.1. The Morgan fingerprint density at radius 1 is 1.47 bits per heavy atom. The number of hydrogen-bond acceptors (Lipinski definition) is 4. The number of hydrogen-bond donors (Lipinski definition) is 2. The SMILES string of the molecule is Cn1cc(C(C)(O)CNC(=O)CSC(C)(C)C)cn1. The molecule has 6 heteroatoms. The van der Waals surface area contributed by atoms with E-state index in [1.54, 1.807) is 42.8 Å². The first kappa shape index (κ1) is 16.0. The zero-order valence-electron chi connectivity index (χ0n) is 12.2. The number of nitrogens with one attached hydrogen (secondary N) is 1. The lowest BCUT2D eigenvalue weighted by Crippen LogP contribution is -2.39. The topological polar surface area (TPSA) is 67.2 Å². The summed E-state index contributed by atoms with van der Waals surface area (Å²) in [6, 6.07) is 0. The molecule has 2 N–H and O–H groups in total. The number of aryl methyl sites for hydroxylation is 1. The molecule has 0 radical (unpaired) electrons. The Bertz CT molecular complexity index is 435. The lowest BCUT2D eigenvalue weighted by molar-refractivity contribution is -0.119. The van der Waals surface area contributed by atoms with Crippen molar-refractivity contribution in [3.63, 3.8) is 0 Å². The van der Waals surface area contributed by atoms with Gasteiger partial charge in [-0.3, -0.25) is 9.48 Å². The van der Waals surface area contributed by atoms with Crippen molar-refractivity contribution >= 4 is 17.7 Å². The maximum Gasteiger partial charge on any atom is 0.230 e. The van der Waals surface area contributed by atoms with E-state index < -0.39 is 5.60 Å². The van der Waals surface area contributed by atoms with Gasteiger partial charge in [0.15, 0.2) is 0 Å². The summed E-state index contributed by atoms with van der Waals surface area (Å²) in [6.07, 6.45) is 3.35. The summed E-state index contributed by atoms with van der Waals surface area (Å²) in [5.74, 6) is 0.330. The predicted octanol–water partition coefficient (Wildman–Crippen LogP) is 1.28. The van der Waals surface area contributed by atoms with Gasteiger partial charge in [-0.15, -0.1) is 11.8 Å². The Morgan fingerprint density at radius 3 is 2.58 bits per heavy atom. The van der Waals surface area contributed by atoms with E-state index >= 15 is 0 Å². The number of rotatable bonds is 5. The van der Waals surface area contributed by atoms with Gasteiger partial charge in [0.25, 0.3) is 0 Å². The van der Waals surface area contributed by atoms with E-state index in [-0.39, 0.29) is 17.2 Å². The van der Waals surface area contributed by atoms with Crippen LogP contribution in [0.25, 0.3) is 0 Å². The van der Waals surface area contributed by atoms with Crippen molar-refractivity contribution in [3.05, 3.63) is 18.0 Å². The average molecular weight is 285 g/mol. The molecule has 0 saturated heterocycles. The summed E-state index contributed by atoms with van der Waals surface area (Å²) < 4.78 is 1.68. The number of carbonyl (C=O) groups is 1. The molecule has 5 nitrogen and oxygen atoms in total. The molecule has 1 aromatic rings. The van der Waals surface area contributed by atoms with Crippen LogP contribution in [0, 0.1) is 0 Å². The first-order valence-electron chi connectivity index (χ1n) is 6.22. The lowest BCUT2D eigenvalue weighted by atomic mass is 10.00. The van der Waals surface area contributed by atoms with Crippen LogP contribution in [0.1, 0.15) is 33.3 Å². The monoisotopic (exact) mass is 285 g/mol. The smallest absolute Gasteiger partial charge is 0.230 e. The summed E-state index contributed by atoms with van der Waals surface area (Å²) in [6.45, 7) is 8.05. The Labute approximate surface area is 118 Å². The third-order valence-electron chi connectivity index (χ3n) is 2.59. The Kier molecular flexibility index (Phi) is 5.04. The number of thioether (sulfide) groups is 1. The standard InChI is InChI=1S/C13H23N3O2S/c1-12(2,3)19-8-11(17)14-9-13(4,18)10-6-15-16(5)7-10/h6-7,18H,8-9H2,1-5H3,(H,14,17). The minimum absolute atomic E-state index is 0.0587. The summed E-state index contributed by atoms with van der Waals surface area (Å²) >= 11 is 1.58. The maximum absolute atomic E-state index is 11.7. The highest BCUT2D eigenvalue weighted by atomic mass is 32.2. The first-order valence-corrected chi connectivity index (χ1v) is 7.21. The molecular formula is C13H23N3O2S. The second kappa shape index (κ2) is 5.96. The van der Waals surface area contributed by atoms with Crippen molar-refractivity contribution in [2.45, 2.75) is 38.0 Å². The highest BCUT2D eigenvalue weighted by molar-refractivity contribution is 8.01. The predicted molar refractivity (Wildman–Crippen MR) is 78.0 cm³/mol. The number of amides is 1. The number of nitrogens with zero attached hydrogens (tertiary/aromatic N) is 2. The van der Waals surface area contributed by atoms with Gasteiger partial charge in [0.05, 0.1) is 18.5 Å². The van der Waals surface area contributed by atoms with Crippen LogP contribution in [-0.4, -0.2) is 37.8 Å². The molecule has 19 heavy (non-hydrogen) atoms. The van der Waals surface area contributed by atoms with E-state index in [2.05, 4.69) is 31.2 Å². The molecule has 0 aliphatic rings. The highest BCUT2D eigenvalue weighted by Crippen LogP contribution is 2.23. The van der Waals surface area contributed by atoms with Crippen LogP contribution in [0.2, 0.25) is 0 Å². The van der Waals surface area contributed by atoms with Gasteiger partial charge in [-0.05, 0) is 6.92 Å². The molecule has 0 spiro atoms. The van der Waals surface area contributed by atoms with Gasteiger partial charge >= 0.3 is 0 Å². The third kappa shape index (κ3) is 5.65. The zero-order valence-corrected chi connectivity index (χ0v) is 13.0. The molecule has 0 aromatic carbocycles. The summed E-state index contributed by atoms with van der Waals surface area (Å²) in [5, 5.41) is 17.1. The van der Waals surface area contributed by atoms with E-state index in [0.29, 0.717) is 11.3 Å². The van der Waals surface area contributed by atoms with Crippen LogP contribution < -0.4 is 5.32 Å². The molecular weight excluding hydrogens is 262 g/mol. The quantitative estimate of drug-likeness (QED) is 0.855. The molecule has 0 bridgehead atoms. The van der Waals surface area contributed by atoms with E-state index in [9.17, 15) is 9.90 Å². The van der Waals surface area contributed by atoms with E-state index in [1.807, 2.05) is 0 Å². The molecule has 1 amide bonds. The largest absolute Gasteiger partial charge is 0.383 e. The van der Waals surface area contributed by atoms with Crippen LogP contribution in [0.5, 0.6) is 0 Å². The van der Waals surface area contributed by atoms with Crippen molar-refractivity contribution in [3.8, 4) is 0 Å². The van der Waals surface area contributed by atoms with Crippen LogP contribution in [0.3, 0.4) is 0 Å². The van der Waals surface area contributed by atoms with Crippen LogP contribution in [-0.2, 0) is 17.4 Å². The summed E-state index contributed by atoms with van der Waals surface area (Å²) in [5.41, 5.74) is -0.408. The fraction of sp³-hybridized carbons (Fsp3) is 0.692. The molecule has 0 saturated carbocycles. The van der Waals surface area contributed by atoms with Gasteiger partial charge in [0.2, 0.25) is 5.91 Å². The molecule has 1 heterocycles. The molecule has 108 valence electrons. The van der Waals surface area contributed by atoms with Crippen molar-refractivity contribution in [2.75, 3.05) is 12.3 Å². The highest BCUT2D eigenvalue weighted by Gasteiger charge is 2.25. The lowest BCUT2D eigenvalue weighted by Gasteiger charge is -2.23. The third-order valence-corrected chi connectivity index (χ3v) is 3.87. The second-order valence-electron chi connectivity index (χ2n) is 5.85. The summed E-state index contributed by atoms with van der Waals surface area (Å²) in [7, 11) is 1.79. The Hall–Kier alpha value is -1.01. The van der Waals surface area contributed by atoms with Gasteiger partial charge in [0, 0.05) is 23.6 Å².